The predicted molar refractivity (Wildman–Crippen MR) is 103 cm³/mol. The number of amides is 1. The molecule has 2 aromatic carbocycles. The van der Waals surface area contributed by atoms with Gasteiger partial charge in [0.25, 0.3) is 5.91 Å². The average molecular weight is 421 g/mol. The Bertz CT molecular complexity index is 742. The lowest BCUT2D eigenvalue weighted by molar-refractivity contribution is -0.133. The summed E-state index contributed by atoms with van der Waals surface area (Å²) >= 11 is 3.20. The summed E-state index contributed by atoms with van der Waals surface area (Å²) in [4.78, 5) is 16.6. The van der Waals surface area contributed by atoms with Crippen molar-refractivity contribution in [3.05, 3.63) is 64.4 Å². The predicted octanol–water partition coefficient (Wildman–Crippen LogP) is 3.70. The number of rotatable bonds is 5. The maximum absolute atomic E-state index is 13.8. The number of hydrogen-bond donors (Lipinski definition) is 0. The van der Waals surface area contributed by atoms with Crippen molar-refractivity contribution in [3.63, 3.8) is 0 Å². The van der Waals surface area contributed by atoms with Crippen LogP contribution in [-0.4, -0.2) is 48.5 Å². The van der Waals surface area contributed by atoms with Gasteiger partial charge < -0.3 is 9.64 Å². The number of nitrogens with zero attached hydrogens (tertiary/aromatic N) is 2. The van der Waals surface area contributed by atoms with Gasteiger partial charge in [0, 0.05) is 37.2 Å². The maximum atomic E-state index is 13.8. The van der Waals surface area contributed by atoms with Crippen LogP contribution in [0.2, 0.25) is 0 Å². The van der Waals surface area contributed by atoms with Gasteiger partial charge in [-0.1, -0.05) is 46.3 Å². The molecular weight excluding hydrogens is 399 g/mol. The lowest BCUT2D eigenvalue weighted by Gasteiger charge is -2.22. The van der Waals surface area contributed by atoms with Crippen molar-refractivity contribution >= 4 is 21.8 Å². The van der Waals surface area contributed by atoms with Gasteiger partial charge in [-0.25, -0.2) is 4.39 Å². The zero-order chi connectivity index (χ0) is 18.4. The molecule has 0 aromatic heterocycles. The Morgan fingerprint density at radius 3 is 2.65 bits per heavy atom. The summed E-state index contributed by atoms with van der Waals surface area (Å²) in [5.41, 5.74) is 1.28. The number of carbonyl (C=O) groups excluding carboxylic acids is 1. The van der Waals surface area contributed by atoms with E-state index in [9.17, 15) is 9.18 Å². The van der Waals surface area contributed by atoms with Crippen LogP contribution in [-0.2, 0) is 11.3 Å². The van der Waals surface area contributed by atoms with Crippen LogP contribution < -0.4 is 4.74 Å². The number of halogens is 2. The van der Waals surface area contributed by atoms with Gasteiger partial charge in [0.15, 0.2) is 18.2 Å². The van der Waals surface area contributed by atoms with E-state index in [1.165, 1.54) is 17.7 Å². The van der Waals surface area contributed by atoms with E-state index >= 15 is 0 Å². The van der Waals surface area contributed by atoms with Gasteiger partial charge in [-0.2, -0.15) is 0 Å². The Morgan fingerprint density at radius 1 is 1.08 bits per heavy atom. The molecule has 4 nitrogen and oxygen atoms in total. The van der Waals surface area contributed by atoms with E-state index in [-0.39, 0.29) is 18.3 Å². The van der Waals surface area contributed by atoms with Gasteiger partial charge in [-0.3, -0.25) is 9.69 Å². The van der Waals surface area contributed by atoms with Crippen molar-refractivity contribution < 1.29 is 13.9 Å². The van der Waals surface area contributed by atoms with Crippen LogP contribution in [0.3, 0.4) is 0 Å². The summed E-state index contributed by atoms with van der Waals surface area (Å²) in [5, 5.41) is 0. The smallest absolute Gasteiger partial charge is 0.260 e. The van der Waals surface area contributed by atoms with E-state index in [0.717, 1.165) is 26.1 Å². The third-order valence-corrected chi connectivity index (χ3v) is 4.93. The van der Waals surface area contributed by atoms with Crippen LogP contribution in [0.5, 0.6) is 5.75 Å². The van der Waals surface area contributed by atoms with Crippen LogP contribution in [0.15, 0.2) is 53.0 Å². The van der Waals surface area contributed by atoms with Crippen LogP contribution in [0, 0.1) is 5.82 Å². The second-order valence-electron chi connectivity index (χ2n) is 6.36. The maximum Gasteiger partial charge on any atom is 0.260 e. The topological polar surface area (TPSA) is 32.8 Å². The molecule has 6 heteroatoms. The highest BCUT2D eigenvalue weighted by Gasteiger charge is 2.20. The van der Waals surface area contributed by atoms with Crippen LogP contribution in [0.4, 0.5) is 4.39 Å². The second-order valence-corrected chi connectivity index (χ2v) is 7.28. The lowest BCUT2D eigenvalue weighted by atomic mass is 10.2. The van der Waals surface area contributed by atoms with Gasteiger partial charge >= 0.3 is 0 Å². The van der Waals surface area contributed by atoms with E-state index in [1.807, 2.05) is 23.1 Å². The summed E-state index contributed by atoms with van der Waals surface area (Å²) in [6, 6.07) is 14.9. The molecule has 1 aliphatic heterocycles. The van der Waals surface area contributed by atoms with E-state index in [4.69, 9.17) is 4.74 Å². The summed E-state index contributed by atoms with van der Waals surface area (Å²) < 4.78 is 19.8. The number of carbonyl (C=O) groups is 1. The second kappa shape index (κ2) is 9.14. The molecule has 0 bridgehead atoms. The van der Waals surface area contributed by atoms with E-state index in [1.54, 1.807) is 6.07 Å². The van der Waals surface area contributed by atoms with Gasteiger partial charge in [0.05, 0.1) is 0 Å². The molecule has 0 aliphatic carbocycles. The number of hydrogen-bond acceptors (Lipinski definition) is 3. The molecule has 0 spiro atoms. The highest BCUT2D eigenvalue weighted by atomic mass is 79.9. The molecule has 0 radical (unpaired) electrons. The van der Waals surface area contributed by atoms with Crippen molar-refractivity contribution in [2.45, 2.75) is 13.0 Å². The number of benzene rings is 2. The zero-order valence-electron chi connectivity index (χ0n) is 14.5. The Kier molecular flexibility index (Phi) is 6.63. The molecule has 1 saturated heterocycles. The third kappa shape index (κ3) is 5.29. The summed E-state index contributed by atoms with van der Waals surface area (Å²) in [6.45, 7) is 3.91. The molecule has 2 aromatic rings. The first-order chi connectivity index (χ1) is 12.6. The van der Waals surface area contributed by atoms with E-state index in [0.29, 0.717) is 17.6 Å². The normalized spacial score (nSPS) is 15.5. The molecule has 138 valence electrons. The monoisotopic (exact) mass is 420 g/mol. The lowest BCUT2D eigenvalue weighted by Crippen LogP contribution is -2.38. The van der Waals surface area contributed by atoms with Gasteiger partial charge in [-0.15, -0.1) is 0 Å². The SMILES string of the molecule is O=C(COc1ccc(Br)cc1F)N1CCCN(Cc2ccccc2)CC1. The molecule has 3 rings (SSSR count). The minimum Gasteiger partial charge on any atom is -0.481 e. The highest BCUT2D eigenvalue weighted by molar-refractivity contribution is 9.10. The first-order valence-corrected chi connectivity index (χ1v) is 9.53. The minimum absolute atomic E-state index is 0.0991. The number of ether oxygens (including phenoxy) is 1. The molecule has 1 amide bonds. The Morgan fingerprint density at radius 2 is 1.88 bits per heavy atom. The molecule has 26 heavy (non-hydrogen) atoms. The van der Waals surface area contributed by atoms with Crippen molar-refractivity contribution in [2.24, 2.45) is 0 Å². The Balaban J connectivity index is 1.49. The van der Waals surface area contributed by atoms with E-state index < -0.39 is 5.82 Å². The molecule has 1 heterocycles. The fourth-order valence-electron chi connectivity index (χ4n) is 3.04. The van der Waals surface area contributed by atoms with Crippen molar-refractivity contribution in [1.29, 1.82) is 0 Å². The van der Waals surface area contributed by atoms with Crippen LogP contribution in [0.1, 0.15) is 12.0 Å². The molecule has 0 unspecified atom stereocenters. The zero-order valence-corrected chi connectivity index (χ0v) is 16.1. The van der Waals surface area contributed by atoms with Crippen molar-refractivity contribution in [1.82, 2.24) is 9.80 Å². The van der Waals surface area contributed by atoms with E-state index in [2.05, 4.69) is 33.0 Å². The molecule has 1 aliphatic rings. The molecule has 0 atom stereocenters. The quantitative estimate of drug-likeness (QED) is 0.738. The first-order valence-electron chi connectivity index (χ1n) is 8.74. The molecule has 0 N–H and O–H groups in total. The largest absolute Gasteiger partial charge is 0.481 e. The summed E-state index contributed by atoms with van der Waals surface area (Å²) in [6.07, 6.45) is 0.922. The first kappa shape index (κ1) is 18.9. The third-order valence-electron chi connectivity index (χ3n) is 4.44. The van der Waals surface area contributed by atoms with Crippen LogP contribution >= 0.6 is 15.9 Å². The minimum atomic E-state index is -0.475. The summed E-state index contributed by atoms with van der Waals surface area (Å²) in [7, 11) is 0. The van der Waals surface area contributed by atoms with Gasteiger partial charge in [-0.05, 0) is 30.2 Å². The fraction of sp³-hybridized carbons (Fsp3) is 0.350. The average Bonchev–Trinajstić information content (AvgIpc) is 2.87. The molecular formula is C20H22BrFN2O2. The van der Waals surface area contributed by atoms with Crippen molar-refractivity contribution in [2.75, 3.05) is 32.8 Å². The highest BCUT2D eigenvalue weighted by Crippen LogP contribution is 2.21. The standard InChI is InChI=1S/C20H22BrFN2O2/c21-17-7-8-19(18(22)13-17)26-15-20(25)24-10-4-9-23(11-12-24)14-16-5-2-1-3-6-16/h1-3,5-8,13H,4,9-12,14-15H2. The Labute approximate surface area is 161 Å². The molecule has 1 fully saturated rings. The van der Waals surface area contributed by atoms with Crippen LogP contribution in [0.25, 0.3) is 0 Å². The summed E-state index contributed by atoms with van der Waals surface area (Å²) in [5.74, 6) is -0.479. The van der Waals surface area contributed by atoms with Crippen molar-refractivity contribution in [3.8, 4) is 5.75 Å². The molecule has 0 saturated carbocycles. The Hall–Kier alpha value is -1.92. The van der Waals surface area contributed by atoms with Gasteiger partial charge in [0.1, 0.15) is 0 Å². The van der Waals surface area contributed by atoms with Gasteiger partial charge in [0.2, 0.25) is 0 Å². The fourth-order valence-corrected chi connectivity index (χ4v) is 3.38.